The molecule has 1 aromatic heterocycles. The van der Waals surface area contributed by atoms with Gasteiger partial charge < -0.3 is 9.72 Å². The van der Waals surface area contributed by atoms with E-state index in [1.54, 1.807) is 11.8 Å². The molecule has 4 rings (SSSR count). The lowest BCUT2D eigenvalue weighted by molar-refractivity contribution is 0.242. The molecule has 0 aliphatic carbocycles. The number of hydrogen-bond acceptors (Lipinski definition) is 3. The molecule has 0 amide bonds. The van der Waals surface area contributed by atoms with Crippen LogP contribution in [0.3, 0.4) is 0 Å². The van der Waals surface area contributed by atoms with Gasteiger partial charge in [-0.1, -0.05) is 31.7 Å². The van der Waals surface area contributed by atoms with E-state index in [-0.39, 0.29) is 6.10 Å². The Bertz CT molecular complexity index is 1020. The molecule has 1 N–H and O–H groups in total. The van der Waals surface area contributed by atoms with Crippen molar-refractivity contribution in [2.75, 3.05) is 19.6 Å². The van der Waals surface area contributed by atoms with Crippen LogP contribution in [0.1, 0.15) is 39.7 Å². The number of nitrogens with one attached hydrogen (secondary N) is 1. The molecule has 0 saturated carbocycles. The van der Waals surface area contributed by atoms with Crippen molar-refractivity contribution in [1.29, 1.82) is 0 Å². The van der Waals surface area contributed by atoms with Gasteiger partial charge in [0.15, 0.2) is 0 Å². The van der Waals surface area contributed by atoms with Gasteiger partial charge in [0.1, 0.15) is 5.75 Å². The van der Waals surface area contributed by atoms with Gasteiger partial charge in [-0.2, -0.15) is 0 Å². The SMILES string of the molecule is CC(C)CN1CC=C(c2c[nH]c3ccc(Sc4ccc(OC(C)C)cc4)cc23)CC1. The number of nitrogens with zero attached hydrogens (tertiary/aromatic N) is 1. The summed E-state index contributed by atoms with van der Waals surface area (Å²) in [5.41, 5.74) is 4.04. The van der Waals surface area contributed by atoms with E-state index in [1.807, 2.05) is 0 Å². The molecule has 4 heteroatoms. The Morgan fingerprint density at radius 1 is 1.03 bits per heavy atom. The van der Waals surface area contributed by atoms with Gasteiger partial charge in [0.25, 0.3) is 0 Å². The summed E-state index contributed by atoms with van der Waals surface area (Å²) in [7, 11) is 0. The molecule has 0 fully saturated rings. The molecule has 2 heterocycles. The maximum Gasteiger partial charge on any atom is 0.119 e. The van der Waals surface area contributed by atoms with Crippen LogP contribution in [0.25, 0.3) is 16.5 Å². The van der Waals surface area contributed by atoms with E-state index in [2.05, 4.69) is 92.3 Å². The third-order valence-electron chi connectivity index (χ3n) is 5.35. The van der Waals surface area contributed by atoms with Crippen LogP contribution in [-0.2, 0) is 0 Å². The van der Waals surface area contributed by atoms with E-state index < -0.39 is 0 Å². The van der Waals surface area contributed by atoms with Crippen LogP contribution in [-0.4, -0.2) is 35.6 Å². The van der Waals surface area contributed by atoms with Crippen molar-refractivity contribution in [3.05, 3.63) is 60.3 Å². The maximum absolute atomic E-state index is 5.76. The molecular formula is C26H32N2OS. The zero-order valence-electron chi connectivity index (χ0n) is 18.4. The normalized spacial score (nSPS) is 15.2. The zero-order chi connectivity index (χ0) is 21.1. The lowest BCUT2D eigenvalue weighted by Gasteiger charge is -2.27. The predicted molar refractivity (Wildman–Crippen MR) is 128 cm³/mol. The van der Waals surface area contributed by atoms with Crippen LogP contribution >= 0.6 is 11.8 Å². The number of aromatic amines is 1. The van der Waals surface area contributed by atoms with Crippen molar-refractivity contribution in [3.8, 4) is 5.75 Å². The molecule has 0 atom stereocenters. The molecule has 3 nitrogen and oxygen atoms in total. The highest BCUT2D eigenvalue weighted by atomic mass is 32.2. The van der Waals surface area contributed by atoms with Gasteiger partial charge in [-0.15, -0.1) is 0 Å². The molecule has 2 aromatic carbocycles. The van der Waals surface area contributed by atoms with E-state index in [1.165, 1.54) is 38.4 Å². The Kier molecular flexibility index (Phi) is 6.55. The molecule has 0 unspecified atom stereocenters. The second kappa shape index (κ2) is 9.32. The van der Waals surface area contributed by atoms with Crippen molar-refractivity contribution < 1.29 is 4.74 Å². The lowest BCUT2D eigenvalue weighted by atomic mass is 9.98. The van der Waals surface area contributed by atoms with E-state index in [9.17, 15) is 0 Å². The number of H-pyrrole nitrogens is 1. The average Bonchev–Trinajstić information content (AvgIpc) is 3.12. The van der Waals surface area contributed by atoms with Gasteiger partial charge in [0, 0.05) is 52.1 Å². The lowest BCUT2D eigenvalue weighted by Crippen LogP contribution is -2.31. The first-order chi connectivity index (χ1) is 14.5. The first-order valence-corrected chi connectivity index (χ1v) is 11.8. The van der Waals surface area contributed by atoms with Gasteiger partial charge in [-0.3, -0.25) is 4.90 Å². The smallest absolute Gasteiger partial charge is 0.119 e. The van der Waals surface area contributed by atoms with Crippen molar-refractivity contribution in [3.63, 3.8) is 0 Å². The molecule has 0 radical (unpaired) electrons. The number of fused-ring (bicyclic) bond motifs is 1. The van der Waals surface area contributed by atoms with Crippen molar-refractivity contribution in [1.82, 2.24) is 9.88 Å². The van der Waals surface area contributed by atoms with E-state index in [4.69, 9.17) is 4.74 Å². The summed E-state index contributed by atoms with van der Waals surface area (Å²) in [6.07, 6.45) is 5.92. The first-order valence-electron chi connectivity index (χ1n) is 11.0. The molecule has 0 spiro atoms. The monoisotopic (exact) mass is 420 g/mol. The summed E-state index contributed by atoms with van der Waals surface area (Å²) in [5.74, 6) is 1.65. The summed E-state index contributed by atoms with van der Waals surface area (Å²) < 4.78 is 5.76. The van der Waals surface area contributed by atoms with Crippen molar-refractivity contribution in [2.24, 2.45) is 5.92 Å². The Labute approximate surface area is 184 Å². The molecule has 1 aliphatic heterocycles. The Morgan fingerprint density at radius 2 is 1.80 bits per heavy atom. The number of hydrogen-bond donors (Lipinski definition) is 1. The predicted octanol–water partition coefficient (Wildman–Crippen LogP) is 6.85. The van der Waals surface area contributed by atoms with Gasteiger partial charge in [0.05, 0.1) is 6.10 Å². The van der Waals surface area contributed by atoms with Crippen LogP contribution < -0.4 is 4.74 Å². The van der Waals surface area contributed by atoms with Crippen molar-refractivity contribution in [2.45, 2.75) is 50.0 Å². The van der Waals surface area contributed by atoms with Gasteiger partial charge in [-0.05, 0) is 74.2 Å². The molecule has 3 aromatic rings. The minimum absolute atomic E-state index is 0.199. The molecule has 0 saturated heterocycles. The third kappa shape index (κ3) is 5.11. The van der Waals surface area contributed by atoms with Crippen LogP contribution in [0.5, 0.6) is 5.75 Å². The molecule has 30 heavy (non-hydrogen) atoms. The van der Waals surface area contributed by atoms with Gasteiger partial charge >= 0.3 is 0 Å². The van der Waals surface area contributed by atoms with Crippen LogP contribution in [0.4, 0.5) is 0 Å². The highest BCUT2D eigenvalue weighted by Gasteiger charge is 2.16. The van der Waals surface area contributed by atoms with E-state index in [0.29, 0.717) is 0 Å². The molecular weight excluding hydrogens is 388 g/mol. The number of ether oxygens (including phenoxy) is 1. The minimum Gasteiger partial charge on any atom is -0.491 e. The van der Waals surface area contributed by atoms with Crippen LogP contribution in [0.15, 0.2) is 64.5 Å². The van der Waals surface area contributed by atoms with Crippen LogP contribution in [0, 0.1) is 5.92 Å². The number of aromatic nitrogens is 1. The zero-order valence-corrected chi connectivity index (χ0v) is 19.3. The quantitative estimate of drug-likeness (QED) is 0.453. The van der Waals surface area contributed by atoms with E-state index in [0.717, 1.165) is 31.2 Å². The number of benzene rings is 2. The van der Waals surface area contributed by atoms with E-state index >= 15 is 0 Å². The number of rotatable bonds is 7. The maximum atomic E-state index is 5.76. The summed E-state index contributed by atoms with van der Waals surface area (Å²) in [6, 6.07) is 15.1. The molecule has 158 valence electrons. The Balaban J connectivity index is 1.51. The molecule has 1 aliphatic rings. The fourth-order valence-corrected chi connectivity index (χ4v) is 4.92. The highest BCUT2D eigenvalue weighted by Crippen LogP contribution is 2.35. The topological polar surface area (TPSA) is 28.3 Å². The Hall–Kier alpha value is -2.17. The largest absolute Gasteiger partial charge is 0.491 e. The highest BCUT2D eigenvalue weighted by molar-refractivity contribution is 7.99. The first kappa shape index (κ1) is 21.1. The standard InChI is InChI=1S/C26H32N2OS/c1-18(2)17-28-13-11-20(12-14-28)25-16-27-26-10-9-23(15-24(25)26)30-22-7-5-21(6-8-22)29-19(3)4/h5-11,15-16,18-19,27H,12-14,17H2,1-4H3. The molecule has 0 bridgehead atoms. The summed E-state index contributed by atoms with van der Waals surface area (Å²) >= 11 is 1.80. The Morgan fingerprint density at radius 3 is 2.47 bits per heavy atom. The van der Waals surface area contributed by atoms with Gasteiger partial charge in [-0.25, -0.2) is 0 Å². The summed E-state index contributed by atoms with van der Waals surface area (Å²) in [5, 5.41) is 1.32. The average molecular weight is 421 g/mol. The second-order valence-corrected chi connectivity index (χ2v) is 9.93. The minimum atomic E-state index is 0.199. The summed E-state index contributed by atoms with van der Waals surface area (Å²) in [4.78, 5) is 8.51. The fraction of sp³-hybridized carbons (Fsp3) is 0.385. The fourth-order valence-electron chi connectivity index (χ4n) is 4.06. The van der Waals surface area contributed by atoms with Crippen LogP contribution in [0.2, 0.25) is 0 Å². The summed E-state index contributed by atoms with van der Waals surface area (Å²) in [6.45, 7) is 12.1. The van der Waals surface area contributed by atoms with Gasteiger partial charge in [0.2, 0.25) is 0 Å². The second-order valence-electron chi connectivity index (χ2n) is 8.78. The third-order valence-corrected chi connectivity index (χ3v) is 6.34. The van der Waals surface area contributed by atoms with Crippen molar-refractivity contribution >= 4 is 28.2 Å².